The van der Waals surface area contributed by atoms with Crippen LogP contribution >= 0.6 is 0 Å². The van der Waals surface area contributed by atoms with Gasteiger partial charge in [0, 0.05) is 38.8 Å². The smallest absolute Gasteiger partial charge is 0.335 e. The highest BCUT2D eigenvalue weighted by molar-refractivity contribution is 5.93. The third-order valence-electron chi connectivity index (χ3n) is 5.45. The van der Waals surface area contributed by atoms with E-state index >= 15 is 0 Å². The second-order valence-electron chi connectivity index (χ2n) is 7.77. The van der Waals surface area contributed by atoms with E-state index in [9.17, 15) is 19.2 Å². The zero-order chi connectivity index (χ0) is 23.1. The Hall–Kier alpha value is -3.67. The summed E-state index contributed by atoms with van der Waals surface area (Å²) >= 11 is 0. The minimum Gasteiger partial charge on any atom is -0.352 e. The maximum Gasteiger partial charge on any atom is 0.335 e. The monoisotopic (exact) mass is 437 g/mol. The summed E-state index contributed by atoms with van der Waals surface area (Å²) in [6.07, 6.45) is 4.86. The maximum absolute atomic E-state index is 13.1. The zero-order valence-electron chi connectivity index (χ0n) is 18.2. The van der Waals surface area contributed by atoms with Gasteiger partial charge in [0.15, 0.2) is 0 Å². The fourth-order valence-electron chi connectivity index (χ4n) is 3.70. The van der Waals surface area contributed by atoms with Crippen LogP contribution < -0.4 is 16.6 Å². The molecule has 168 valence electrons. The maximum atomic E-state index is 13.1. The van der Waals surface area contributed by atoms with Crippen LogP contribution in [0, 0.1) is 11.3 Å². The van der Waals surface area contributed by atoms with E-state index in [1.165, 1.54) is 16.8 Å². The number of hydrogen-bond acceptors (Lipinski definition) is 5. The number of amides is 2. The van der Waals surface area contributed by atoms with Gasteiger partial charge in [-0.1, -0.05) is 19.4 Å². The van der Waals surface area contributed by atoms with Gasteiger partial charge < -0.3 is 10.2 Å². The Morgan fingerprint density at radius 3 is 2.69 bits per heavy atom. The normalized spacial score (nSPS) is 13.2. The molecule has 0 radical (unpaired) electrons. The van der Waals surface area contributed by atoms with Crippen molar-refractivity contribution < 1.29 is 9.59 Å². The Balaban J connectivity index is 1.86. The molecular weight excluding hydrogens is 410 g/mol. The molecule has 9 nitrogen and oxygen atoms in total. The molecule has 9 heteroatoms. The van der Waals surface area contributed by atoms with Gasteiger partial charge in [0.2, 0.25) is 5.91 Å². The van der Waals surface area contributed by atoms with Crippen molar-refractivity contribution in [1.82, 2.24) is 19.4 Å². The molecule has 0 bridgehead atoms. The van der Waals surface area contributed by atoms with E-state index in [4.69, 9.17) is 5.26 Å². The first-order chi connectivity index (χ1) is 15.5. The summed E-state index contributed by atoms with van der Waals surface area (Å²) in [7, 11) is 0. The van der Waals surface area contributed by atoms with Crippen LogP contribution in [0.3, 0.4) is 0 Å². The van der Waals surface area contributed by atoms with Crippen LogP contribution in [0.25, 0.3) is 5.69 Å². The fourth-order valence-corrected chi connectivity index (χ4v) is 3.70. The first kappa shape index (κ1) is 23.0. The zero-order valence-corrected chi connectivity index (χ0v) is 18.2. The molecule has 2 heterocycles. The lowest BCUT2D eigenvalue weighted by atomic mass is 10.2. The van der Waals surface area contributed by atoms with E-state index in [0.717, 1.165) is 24.0 Å². The molecule has 1 aromatic heterocycles. The molecule has 3 rings (SSSR count). The summed E-state index contributed by atoms with van der Waals surface area (Å²) in [4.78, 5) is 52.3. The number of nitrogens with zero attached hydrogens (tertiary/aromatic N) is 4. The lowest BCUT2D eigenvalue weighted by Crippen LogP contribution is -2.43. The van der Waals surface area contributed by atoms with Crippen LogP contribution in [0.1, 0.15) is 54.9 Å². The number of nitrogens with one attached hydrogen (secondary N) is 1. The molecule has 0 atom stereocenters. The summed E-state index contributed by atoms with van der Waals surface area (Å²) in [5, 5.41) is 11.9. The van der Waals surface area contributed by atoms with Crippen molar-refractivity contribution in [1.29, 1.82) is 5.26 Å². The van der Waals surface area contributed by atoms with Crippen molar-refractivity contribution in [2.75, 3.05) is 19.6 Å². The lowest BCUT2D eigenvalue weighted by molar-refractivity contribution is -0.127. The number of nitriles is 1. The van der Waals surface area contributed by atoms with Gasteiger partial charge in [0.25, 0.3) is 11.5 Å². The summed E-state index contributed by atoms with van der Waals surface area (Å²) < 4.78 is 2.30. The van der Waals surface area contributed by atoms with Crippen molar-refractivity contribution in [3.05, 3.63) is 62.4 Å². The average Bonchev–Trinajstić information content (AvgIpc) is 3.21. The molecule has 2 amide bonds. The SMILES string of the molecule is CCCCn1cc(C(=O)NCCCN2CCCC2=O)c(=O)n(-c2cccc(C#N)c2)c1=O. The van der Waals surface area contributed by atoms with Crippen molar-refractivity contribution in [3.63, 3.8) is 0 Å². The highest BCUT2D eigenvalue weighted by Crippen LogP contribution is 2.10. The molecule has 1 aliphatic heterocycles. The molecule has 1 aromatic carbocycles. The summed E-state index contributed by atoms with van der Waals surface area (Å²) in [6.45, 7) is 3.95. The third kappa shape index (κ3) is 5.14. The molecule has 0 unspecified atom stereocenters. The Bertz CT molecular complexity index is 1160. The van der Waals surface area contributed by atoms with Crippen LogP contribution in [0.15, 0.2) is 40.1 Å². The predicted molar refractivity (Wildman–Crippen MR) is 119 cm³/mol. The van der Waals surface area contributed by atoms with Gasteiger partial charge in [0.05, 0.1) is 17.3 Å². The van der Waals surface area contributed by atoms with Crippen molar-refractivity contribution in [2.24, 2.45) is 0 Å². The van der Waals surface area contributed by atoms with Crippen LogP contribution in [0.5, 0.6) is 0 Å². The van der Waals surface area contributed by atoms with E-state index in [-0.39, 0.29) is 17.2 Å². The van der Waals surface area contributed by atoms with Crippen LogP contribution in [-0.2, 0) is 11.3 Å². The summed E-state index contributed by atoms with van der Waals surface area (Å²) in [5.41, 5.74) is -0.875. The molecule has 0 aliphatic carbocycles. The Morgan fingerprint density at radius 1 is 1.19 bits per heavy atom. The molecule has 1 saturated heterocycles. The minimum atomic E-state index is -0.731. The van der Waals surface area contributed by atoms with E-state index in [2.05, 4.69) is 5.32 Å². The van der Waals surface area contributed by atoms with E-state index in [1.54, 1.807) is 23.1 Å². The highest BCUT2D eigenvalue weighted by Gasteiger charge is 2.21. The van der Waals surface area contributed by atoms with Crippen molar-refractivity contribution in [3.8, 4) is 11.8 Å². The number of aromatic nitrogens is 2. The van der Waals surface area contributed by atoms with Crippen molar-refractivity contribution in [2.45, 2.75) is 45.6 Å². The molecule has 32 heavy (non-hydrogen) atoms. The fraction of sp³-hybridized carbons (Fsp3) is 0.435. The molecule has 1 aliphatic rings. The van der Waals surface area contributed by atoms with Crippen LogP contribution in [0.2, 0.25) is 0 Å². The van der Waals surface area contributed by atoms with Crippen molar-refractivity contribution >= 4 is 11.8 Å². The number of carbonyl (C=O) groups is 2. The molecule has 0 saturated carbocycles. The first-order valence-corrected chi connectivity index (χ1v) is 10.9. The average molecular weight is 438 g/mol. The van der Waals surface area contributed by atoms with E-state index < -0.39 is 17.2 Å². The van der Waals surface area contributed by atoms with Gasteiger partial charge in [-0.05, 0) is 37.5 Å². The Morgan fingerprint density at radius 2 is 2.00 bits per heavy atom. The number of carbonyl (C=O) groups excluding carboxylic acids is 2. The van der Waals surface area contributed by atoms with Crippen LogP contribution in [-0.4, -0.2) is 45.5 Å². The Labute approximate surface area is 185 Å². The number of unbranched alkanes of at least 4 members (excludes halogenated alkanes) is 1. The Kier molecular flexibility index (Phi) is 7.60. The van der Waals surface area contributed by atoms with Gasteiger partial charge in [-0.2, -0.15) is 5.26 Å². The number of benzene rings is 1. The van der Waals surface area contributed by atoms with Gasteiger partial charge in [0.1, 0.15) is 5.56 Å². The summed E-state index contributed by atoms with van der Waals surface area (Å²) in [6, 6.07) is 8.16. The lowest BCUT2D eigenvalue weighted by Gasteiger charge is -2.16. The standard InChI is InChI=1S/C23H27N5O4/c1-2-3-11-27-16-19(21(30)25-10-6-13-26-12-5-9-20(26)29)22(31)28(23(27)32)18-8-4-7-17(14-18)15-24/h4,7-8,14,16H,2-3,5-6,9-13H2,1H3,(H,25,30). The highest BCUT2D eigenvalue weighted by atomic mass is 16.2. The molecule has 0 spiro atoms. The van der Waals surface area contributed by atoms with Gasteiger partial charge >= 0.3 is 5.69 Å². The number of likely N-dealkylation sites (tertiary alicyclic amines) is 1. The number of aryl methyl sites for hydroxylation is 1. The van der Waals surface area contributed by atoms with E-state index in [1.807, 2.05) is 13.0 Å². The van der Waals surface area contributed by atoms with E-state index in [0.29, 0.717) is 44.5 Å². The number of hydrogen-bond donors (Lipinski definition) is 1. The molecule has 1 N–H and O–H groups in total. The second-order valence-corrected chi connectivity index (χ2v) is 7.77. The van der Waals surface area contributed by atoms with Gasteiger partial charge in [-0.15, -0.1) is 0 Å². The van der Waals surface area contributed by atoms with Gasteiger partial charge in [-0.3, -0.25) is 19.0 Å². The minimum absolute atomic E-state index is 0.127. The first-order valence-electron chi connectivity index (χ1n) is 10.9. The molecule has 1 fully saturated rings. The predicted octanol–water partition coefficient (Wildman–Crippen LogP) is 1.41. The topological polar surface area (TPSA) is 117 Å². The molecular formula is C23H27N5O4. The van der Waals surface area contributed by atoms with Gasteiger partial charge in [-0.25, -0.2) is 9.36 Å². The largest absolute Gasteiger partial charge is 0.352 e. The quantitative estimate of drug-likeness (QED) is 0.596. The number of rotatable bonds is 9. The third-order valence-corrected chi connectivity index (χ3v) is 5.45. The van der Waals surface area contributed by atoms with Crippen LogP contribution in [0.4, 0.5) is 0 Å². The molecule has 2 aromatic rings. The second kappa shape index (κ2) is 10.6. The summed E-state index contributed by atoms with van der Waals surface area (Å²) in [5.74, 6) is -0.444.